The summed E-state index contributed by atoms with van der Waals surface area (Å²) in [5.74, 6) is 0.231. The molecule has 1 aromatic rings. The van der Waals surface area contributed by atoms with Gasteiger partial charge in [-0.2, -0.15) is 0 Å². The third-order valence-corrected chi connectivity index (χ3v) is 5.85. The fourth-order valence-corrected chi connectivity index (χ4v) is 4.29. The number of hydrogen-bond acceptors (Lipinski definition) is 3. The van der Waals surface area contributed by atoms with Crippen LogP contribution in [-0.2, 0) is 11.2 Å². The van der Waals surface area contributed by atoms with Crippen LogP contribution >= 0.6 is 0 Å². The van der Waals surface area contributed by atoms with Crippen LogP contribution in [0.3, 0.4) is 0 Å². The number of benzene rings is 1. The van der Waals surface area contributed by atoms with E-state index in [0.717, 1.165) is 45.5 Å². The molecule has 0 fully saturated rings. The quantitative estimate of drug-likeness (QED) is 0.184. The van der Waals surface area contributed by atoms with Crippen molar-refractivity contribution < 1.29 is 14.9 Å². The molecular weight excluding hydrogens is 409 g/mol. The maximum absolute atomic E-state index is 11.2. The van der Waals surface area contributed by atoms with Gasteiger partial charge in [0, 0.05) is 0 Å². The van der Waals surface area contributed by atoms with E-state index >= 15 is 0 Å². The van der Waals surface area contributed by atoms with Gasteiger partial charge in [-0.25, -0.2) is 0 Å². The first-order valence-electron chi connectivity index (χ1n) is 13.5. The van der Waals surface area contributed by atoms with Crippen LogP contribution < -0.4 is 5.32 Å². The molecule has 33 heavy (non-hydrogen) atoms. The highest BCUT2D eigenvalue weighted by Crippen LogP contribution is 2.29. The number of hydrogen-bond donors (Lipinski definition) is 3. The third kappa shape index (κ3) is 15.2. The van der Waals surface area contributed by atoms with E-state index in [1.165, 1.54) is 25.7 Å². The molecule has 0 aliphatic heterocycles. The molecule has 4 nitrogen and oxygen atoms in total. The number of carboxylic acids is 1. The molecule has 2 atom stereocenters. The fraction of sp³-hybridized carbons (Fsp3) is 0.750. The van der Waals surface area contributed by atoms with Crippen molar-refractivity contribution in [1.82, 2.24) is 5.32 Å². The van der Waals surface area contributed by atoms with Gasteiger partial charge in [0.05, 0.1) is 0 Å². The van der Waals surface area contributed by atoms with E-state index in [2.05, 4.69) is 50.4 Å². The number of fused-ring (bicyclic) bond motifs is 1. The molecule has 0 saturated carbocycles. The third-order valence-electron chi connectivity index (χ3n) is 5.85. The van der Waals surface area contributed by atoms with E-state index in [1.807, 2.05) is 27.7 Å². The number of carboxylic acid groups (broad SMARTS) is 1. The lowest BCUT2D eigenvalue weighted by Crippen LogP contribution is -2.43. The SMILES string of the molecule is CC.CC.CC1CCCCc2ccccc21.CCCC(CCC)C(NCCC[B]O)C(=O)O. The van der Waals surface area contributed by atoms with Crippen molar-refractivity contribution in [2.45, 2.75) is 125 Å². The smallest absolute Gasteiger partial charge is 0.320 e. The molecule has 0 heterocycles. The Morgan fingerprint density at radius 2 is 1.70 bits per heavy atom. The zero-order chi connectivity index (χ0) is 25.5. The Labute approximate surface area is 206 Å². The molecule has 2 rings (SSSR count). The first-order chi connectivity index (χ1) is 16.0. The van der Waals surface area contributed by atoms with Crippen molar-refractivity contribution >= 4 is 13.5 Å². The minimum absolute atomic E-state index is 0.209. The van der Waals surface area contributed by atoms with Gasteiger partial charge in [0.1, 0.15) is 6.04 Å². The van der Waals surface area contributed by atoms with Gasteiger partial charge < -0.3 is 15.4 Å². The molecule has 1 radical (unpaired) electrons. The Morgan fingerprint density at radius 1 is 1.09 bits per heavy atom. The molecule has 2 unspecified atom stereocenters. The molecule has 1 aliphatic rings. The minimum Gasteiger partial charge on any atom is -0.480 e. The van der Waals surface area contributed by atoms with E-state index in [0.29, 0.717) is 12.9 Å². The molecule has 191 valence electrons. The molecule has 5 heteroatoms. The van der Waals surface area contributed by atoms with Crippen molar-refractivity contribution in [1.29, 1.82) is 0 Å². The summed E-state index contributed by atoms with van der Waals surface area (Å²) in [5.41, 5.74) is 3.18. The minimum atomic E-state index is -0.759. The van der Waals surface area contributed by atoms with E-state index in [9.17, 15) is 9.90 Å². The molecule has 1 aromatic carbocycles. The normalized spacial score (nSPS) is 15.2. The summed E-state index contributed by atoms with van der Waals surface area (Å²) in [7, 11) is 1.12. The molecule has 0 amide bonds. The van der Waals surface area contributed by atoms with Gasteiger partial charge >= 0.3 is 5.97 Å². The Bertz CT molecular complexity index is 562. The van der Waals surface area contributed by atoms with Gasteiger partial charge in [-0.1, -0.05) is 98.3 Å². The van der Waals surface area contributed by atoms with Crippen LogP contribution in [-0.4, -0.2) is 36.2 Å². The molecule has 0 saturated heterocycles. The van der Waals surface area contributed by atoms with Crippen molar-refractivity contribution in [2.24, 2.45) is 5.92 Å². The van der Waals surface area contributed by atoms with Gasteiger partial charge in [0.15, 0.2) is 0 Å². The predicted molar refractivity (Wildman–Crippen MR) is 145 cm³/mol. The number of carbonyl (C=O) groups is 1. The van der Waals surface area contributed by atoms with E-state index in [4.69, 9.17) is 5.02 Å². The zero-order valence-corrected chi connectivity index (χ0v) is 22.7. The highest BCUT2D eigenvalue weighted by Gasteiger charge is 2.25. The number of aliphatic carboxylic acids is 1. The summed E-state index contributed by atoms with van der Waals surface area (Å²) in [5, 5.41) is 20.9. The highest BCUT2D eigenvalue weighted by atomic mass is 16.4. The molecule has 0 spiro atoms. The van der Waals surface area contributed by atoms with Crippen LogP contribution in [0.4, 0.5) is 0 Å². The Balaban J connectivity index is 0. The van der Waals surface area contributed by atoms with Crippen LogP contribution in [0.15, 0.2) is 24.3 Å². The Hall–Kier alpha value is -1.33. The van der Waals surface area contributed by atoms with Crippen LogP contribution in [0.1, 0.15) is 117 Å². The summed E-state index contributed by atoms with van der Waals surface area (Å²) >= 11 is 0. The number of nitrogens with one attached hydrogen (secondary N) is 1. The van der Waals surface area contributed by atoms with Gasteiger partial charge in [-0.15, -0.1) is 0 Å². The van der Waals surface area contributed by atoms with E-state index in [1.54, 1.807) is 11.1 Å². The summed E-state index contributed by atoms with van der Waals surface area (Å²) in [4.78, 5) is 11.2. The summed E-state index contributed by atoms with van der Waals surface area (Å²) in [6.45, 7) is 15.2. The topological polar surface area (TPSA) is 69.6 Å². The molecular formula is C28H53BNO3. The molecule has 3 N–H and O–H groups in total. The lowest BCUT2D eigenvalue weighted by molar-refractivity contribution is -0.141. The maximum atomic E-state index is 11.2. The second kappa shape index (κ2) is 23.8. The Morgan fingerprint density at radius 3 is 2.24 bits per heavy atom. The van der Waals surface area contributed by atoms with Crippen molar-refractivity contribution in [3.63, 3.8) is 0 Å². The second-order valence-corrected chi connectivity index (χ2v) is 8.28. The lowest BCUT2D eigenvalue weighted by Gasteiger charge is -2.24. The van der Waals surface area contributed by atoms with E-state index in [-0.39, 0.29) is 5.92 Å². The lowest BCUT2D eigenvalue weighted by atomic mass is 9.89. The predicted octanol–water partition coefficient (Wildman–Crippen LogP) is 7.23. The first kappa shape index (κ1) is 33.8. The summed E-state index contributed by atoms with van der Waals surface area (Å²) in [6, 6.07) is 8.47. The molecule has 0 aromatic heterocycles. The van der Waals surface area contributed by atoms with Crippen LogP contribution in [0.25, 0.3) is 0 Å². The van der Waals surface area contributed by atoms with Gasteiger partial charge in [0.2, 0.25) is 0 Å². The van der Waals surface area contributed by atoms with Crippen LogP contribution in [0.5, 0.6) is 0 Å². The van der Waals surface area contributed by atoms with Crippen molar-refractivity contribution in [2.75, 3.05) is 6.54 Å². The largest absolute Gasteiger partial charge is 0.480 e. The summed E-state index contributed by atoms with van der Waals surface area (Å²) in [6.07, 6.45) is 10.7. The van der Waals surface area contributed by atoms with Crippen molar-refractivity contribution in [3.05, 3.63) is 35.4 Å². The summed E-state index contributed by atoms with van der Waals surface area (Å²) < 4.78 is 0. The standard InChI is InChI=1S/C12H25BNO3.C12H16.2C2H6/c1-3-6-10(7-4-2)11(12(15)16)14-9-5-8-13-17;1-10-6-2-3-7-11-8-4-5-9-12(10)11;2*1-2/h10-11,14,17H,3-9H2,1-2H3,(H,15,16);4-5,8-10H,2-3,6-7H2,1H3;2*1-2H3. The van der Waals surface area contributed by atoms with E-state index < -0.39 is 12.0 Å². The van der Waals surface area contributed by atoms with Gasteiger partial charge in [0.25, 0.3) is 7.48 Å². The monoisotopic (exact) mass is 462 g/mol. The second-order valence-electron chi connectivity index (χ2n) is 8.28. The average molecular weight is 463 g/mol. The first-order valence-corrected chi connectivity index (χ1v) is 13.5. The molecule has 1 aliphatic carbocycles. The average Bonchev–Trinajstić information content (AvgIpc) is 3.03. The number of aryl methyl sites for hydroxylation is 1. The fourth-order valence-electron chi connectivity index (χ4n) is 4.29. The highest BCUT2D eigenvalue weighted by molar-refractivity contribution is 6.25. The Kier molecular flexibility index (Phi) is 24.4. The van der Waals surface area contributed by atoms with Gasteiger partial charge in [-0.3, -0.25) is 4.79 Å². The number of rotatable bonds is 11. The van der Waals surface area contributed by atoms with Gasteiger partial charge in [-0.05, 0) is 68.0 Å². The molecule has 0 bridgehead atoms. The van der Waals surface area contributed by atoms with Crippen LogP contribution in [0.2, 0.25) is 6.32 Å². The zero-order valence-electron chi connectivity index (χ0n) is 22.7. The maximum Gasteiger partial charge on any atom is 0.320 e. The van der Waals surface area contributed by atoms with Crippen LogP contribution in [0, 0.1) is 5.92 Å². The van der Waals surface area contributed by atoms with Crippen molar-refractivity contribution in [3.8, 4) is 0 Å².